The number of methoxy groups -OCH3 is 1. The number of ether oxygens (including phenoxy) is 1. The number of rotatable bonds is 12. The summed E-state index contributed by atoms with van der Waals surface area (Å²) in [5.41, 5.74) is 0.600. The van der Waals surface area contributed by atoms with E-state index in [1.807, 2.05) is 6.92 Å². The first kappa shape index (κ1) is 26.4. The molecule has 160 valence electrons. The van der Waals surface area contributed by atoms with Gasteiger partial charge in [-0.15, -0.1) is 24.0 Å². The fourth-order valence-electron chi connectivity index (χ4n) is 2.68. The van der Waals surface area contributed by atoms with Crippen LogP contribution in [0.1, 0.15) is 43.5 Å². The maximum Gasteiger partial charge on any atom is 0.251 e. The Bertz CT molecular complexity index is 561. The third kappa shape index (κ3) is 10.7. The monoisotopic (exact) mass is 506 g/mol. The number of aliphatic hydroxyl groups excluding tert-OH is 1. The van der Waals surface area contributed by atoms with Crippen LogP contribution in [-0.4, -0.2) is 56.9 Å². The van der Waals surface area contributed by atoms with E-state index in [-0.39, 0.29) is 36.5 Å². The average Bonchev–Trinajstić information content (AvgIpc) is 2.69. The van der Waals surface area contributed by atoms with Gasteiger partial charge in [-0.2, -0.15) is 0 Å². The second-order valence-electron chi connectivity index (χ2n) is 6.30. The minimum Gasteiger partial charge on any atom is -0.497 e. The molecule has 7 nitrogen and oxygen atoms in total. The van der Waals surface area contributed by atoms with Crippen LogP contribution in [0, 0.1) is 5.92 Å². The summed E-state index contributed by atoms with van der Waals surface area (Å²) in [6.07, 6.45) is 2.91. The number of benzene rings is 1. The Morgan fingerprint density at radius 3 is 2.36 bits per heavy atom. The molecule has 0 bridgehead atoms. The molecule has 1 unspecified atom stereocenters. The first-order chi connectivity index (χ1) is 13.1. The summed E-state index contributed by atoms with van der Waals surface area (Å²) >= 11 is 0. The van der Waals surface area contributed by atoms with Crippen LogP contribution in [0.25, 0.3) is 0 Å². The molecule has 28 heavy (non-hydrogen) atoms. The van der Waals surface area contributed by atoms with Crippen molar-refractivity contribution in [3.05, 3.63) is 29.8 Å². The van der Waals surface area contributed by atoms with E-state index in [0.29, 0.717) is 31.1 Å². The molecule has 8 heteroatoms. The number of halogens is 1. The smallest absolute Gasteiger partial charge is 0.251 e. The average molecular weight is 506 g/mol. The lowest BCUT2D eigenvalue weighted by Crippen LogP contribution is -2.41. The number of hydrogen-bond donors (Lipinski definition) is 4. The predicted molar refractivity (Wildman–Crippen MR) is 125 cm³/mol. The van der Waals surface area contributed by atoms with Crippen LogP contribution in [0.15, 0.2) is 29.3 Å². The van der Waals surface area contributed by atoms with E-state index < -0.39 is 0 Å². The van der Waals surface area contributed by atoms with Gasteiger partial charge in [-0.25, -0.2) is 0 Å². The van der Waals surface area contributed by atoms with Crippen LogP contribution in [-0.2, 0) is 0 Å². The van der Waals surface area contributed by atoms with Crippen molar-refractivity contribution in [3.63, 3.8) is 0 Å². The lowest BCUT2D eigenvalue weighted by molar-refractivity contribution is 0.0954. The van der Waals surface area contributed by atoms with Crippen molar-refractivity contribution in [2.45, 2.75) is 33.1 Å². The number of aliphatic imine (C=N–C) groups is 1. The lowest BCUT2D eigenvalue weighted by atomic mass is 10.0. The first-order valence-electron chi connectivity index (χ1n) is 9.69. The van der Waals surface area contributed by atoms with E-state index in [9.17, 15) is 4.79 Å². The number of nitrogens with one attached hydrogen (secondary N) is 3. The van der Waals surface area contributed by atoms with Gasteiger partial charge in [0.2, 0.25) is 0 Å². The van der Waals surface area contributed by atoms with Crippen LogP contribution in [0.5, 0.6) is 5.75 Å². The molecule has 0 aliphatic rings. The number of guanidine groups is 1. The van der Waals surface area contributed by atoms with E-state index >= 15 is 0 Å². The minimum absolute atomic E-state index is 0. The van der Waals surface area contributed by atoms with Crippen molar-refractivity contribution in [1.29, 1.82) is 0 Å². The molecule has 0 heterocycles. The highest BCUT2D eigenvalue weighted by Crippen LogP contribution is 2.11. The molecule has 1 aromatic rings. The van der Waals surface area contributed by atoms with Gasteiger partial charge in [0.25, 0.3) is 5.91 Å². The summed E-state index contributed by atoms with van der Waals surface area (Å²) in [5, 5.41) is 18.5. The summed E-state index contributed by atoms with van der Waals surface area (Å²) in [6.45, 7) is 6.87. The van der Waals surface area contributed by atoms with Gasteiger partial charge in [-0.05, 0) is 49.9 Å². The highest BCUT2D eigenvalue weighted by Gasteiger charge is 2.08. The molecule has 0 saturated carbocycles. The molecule has 0 aliphatic heterocycles. The minimum atomic E-state index is -0.118. The summed E-state index contributed by atoms with van der Waals surface area (Å²) in [7, 11) is 1.60. The Balaban J connectivity index is 0.00000729. The molecule has 4 N–H and O–H groups in total. The lowest BCUT2D eigenvalue weighted by Gasteiger charge is -2.15. The summed E-state index contributed by atoms with van der Waals surface area (Å²) in [5.74, 6) is 1.73. The van der Waals surface area contributed by atoms with E-state index in [1.54, 1.807) is 31.4 Å². The zero-order valence-corrected chi connectivity index (χ0v) is 19.5. The highest BCUT2D eigenvalue weighted by atomic mass is 127. The van der Waals surface area contributed by atoms with E-state index in [2.05, 4.69) is 27.9 Å². The molecule has 1 aromatic carbocycles. The summed E-state index contributed by atoms with van der Waals surface area (Å²) < 4.78 is 5.09. The van der Waals surface area contributed by atoms with Gasteiger partial charge >= 0.3 is 0 Å². The number of aliphatic hydroxyl groups is 1. The normalized spacial score (nSPS) is 11.9. The molecular formula is C20H35IN4O3. The fraction of sp³-hybridized carbons (Fsp3) is 0.600. The van der Waals surface area contributed by atoms with Gasteiger partial charge in [-0.3, -0.25) is 9.79 Å². The standard InChI is InChI=1S/C20H34N4O3.HI/c1-4-6-16(11-14-25)15-24-20(21-5-2)23-13-12-22-19(26)17-7-9-18(27-3)10-8-17;/h7-10,16,25H,4-6,11-15H2,1-3H3,(H,22,26)(H2,21,23,24);1H. The SMILES string of the molecule is CCCC(CCO)CN=C(NCC)NCCNC(=O)c1ccc(OC)cc1.I. The largest absolute Gasteiger partial charge is 0.497 e. The third-order valence-corrected chi connectivity index (χ3v) is 4.14. The van der Waals surface area contributed by atoms with Gasteiger partial charge in [0.05, 0.1) is 7.11 Å². The molecular weight excluding hydrogens is 471 g/mol. The fourth-order valence-corrected chi connectivity index (χ4v) is 2.68. The molecule has 1 rings (SSSR count). The van der Waals surface area contributed by atoms with Gasteiger partial charge in [0.15, 0.2) is 5.96 Å². The van der Waals surface area contributed by atoms with Crippen molar-refractivity contribution in [1.82, 2.24) is 16.0 Å². The number of amides is 1. The van der Waals surface area contributed by atoms with Gasteiger partial charge in [0, 0.05) is 38.3 Å². The van der Waals surface area contributed by atoms with Crippen molar-refractivity contribution in [2.24, 2.45) is 10.9 Å². The van der Waals surface area contributed by atoms with Crippen molar-refractivity contribution >= 4 is 35.8 Å². The number of hydrogen-bond acceptors (Lipinski definition) is 4. The zero-order valence-electron chi connectivity index (χ0n) is 17.2. The second kappa shape index (κ2) is 16.4. The highest BCUT2D eigenvalue weighted by molar-refractivity contribution is 14.0. The molecule has 0 aliphatic carbocycles. The third-order valence-electron chi connectivity index (χ3n) is 4.14. The Morgan fingerprint density at radius 1 is 1.11 bits per heavy atom. The zero-order chi connectivity index (χ0) is 19.9. The summed E-state index contributed by atoms with van der Waals surface area (Å²) in [6, 6.07) is 7.01. The van der Waals surface area contributed by atoms with E-state index in [1.165, 1.54) is 0 Å². The molecule has 0 aromatic heterocycles. The van der Waals surface area contributed by atoms with Gasteiger partial charge < -0.3 is 25.8 Å². The number of carbonyl (C=O) groups is 1. The molecule has 0 saturated heterocycles. The van der Waals surface area contributed by atoms with E-state index in [4.69, 9.17) is 9.84 Å². The maximum absolute atomic E-state index is 12.1. The quantitative estimate of drug-likeness (QED) is 0.151. The van der Waals surface area contributed by atoms with Crippen LogP contribution in [0.2, 0.25) is 0 Å². The van der Waals surface area contributed by atoms with Gasteiger partial charge in [-0.1, -0.05) is 13.3 Å². The van der Waals surface area contributed by atoms with Crippen LogP contribution in [0.4, 0.5) is 0 Å². The molecule has 0 fully saturated rings. The van der Waals surface area contributed by atoms with Crippen LogP contribution < -0.4 is 20.7 Å². The Morgan fingerprint density at radius 2 is 1.79 bits per heavy atom. The maximum atomic E-state index is 12.1. The molecule has 1 atom stereocenters. The Labute approximate surface area is 185 Å². The van der Waals surface area contributed by atoms with Crippen molar-refractivity contribution < 1.29 is 14.6 Å². The molecule has 1 amide bonds. The van der Waals surface area contributed by atoms with Crippen LogP contribution in [0.3, 0.4) is 0 Å². The first-order valence-corrected chi connectivity index (χ1v) is 9.69. The topological polar surface area (TPSA) is 95.0 Å². The number of carbonyl (C=O) groups excluding carboxylic acids is 1. The number of nitrogens with zero attached hydrogens (tertiary/aromatic N) is 1. The molecule has 0 spiro atoms. The molecule has 0 radical (unpaired) electrons. The van der Waals surface area contributed by atoms with E-state index in [0.717, 1.165) is 37.5 Å². The Hall–Kier alpha value is -1.55. The van der Waals surface area contributed by atoms with Crippen LogP contribution >= 0.6 is 24.0 Å². The Kier molecular flexibility index (Phi) is 15.5. The second-order valence-corrected chi connectivity index (χ2v) is 6.30. The van der Waals surface area contributed by atoms with Gasteiger partial charge in [0.1, 0.15) is 5.75 Å². The summed E-state index contributed by atoms with van der Waals surface area (Å²) in [4.78, 5) is 16.7. The predicted octanol–water partition coefficient (Wildman–Crippen LogP) is 2.40. The van der Waals surface area contributed by atoms with Crippen molar-refractivity contribution in [3.8, 4) is 5.75 Å². The van der Waals surface area contributed by atoms with Crippen molar-refractivity contribution in [2.75, 3.05) is 39.9 Å².